The van der Waals surface area contributed by atoms with Crippen molar-refractivity contribution in [2.24, 2.45) is 0 Å². The summed E-state index contributed by atoms with van der Waals surface area (Å²) in [7, 11) is 0. The van der Waals surface area contributed by atoms with Gasteiger partial charge in [0.05, 0.1) is 6.10 Å². The summed E-state index contributed by atoms with van der Waals surface area (Å²) in [6.07, 6.45) is 8.86. The van der Waals surface area contributed by atoms with Gasteiger partial charge < -0.3 is 5.11 Å². The molecule has 1 fully saturated rings. The molecule has 0 heterocycles. The molecule has 0 bridgehead atoms. The molecule has 1 saturated carbocycles. The van der Waals surface area contributed by atoms with Crippen LogP contribution in [0.15, 0.2) is 0 Å². The standard InChI is InChI=1S/C12H23FO/c13-11-9-7-5-3-1-2-4-6-8-10-12(11)14/h11-12,14H,1-10H2/t11-,12?/m0/s1. The first-order chi connectivity index (χ1) is 6.80. The largest absolute Gasteiger partial charge is 0.390 e. The van der Waals surface area contributed by atoms with Crippen LogP contribution in [-0.2, 0) is 0 Å². The summed E-state index contributed by atoms with van der Waals surface area (Å²) in [6, 6.07) is 0. The summed E-state index contributed by atoms with van der Waals surface area (Å²) in [5.74, 6) is 0. The Kier molecular flexibility index (Phi) is 6.17. The van der Waals surface area contributed by atoms with Crippen LogP contribution in [0.4, 0.5) is 4.39 Å². The number of hydrogen-bond donors (Lipinski definition) is 1. The normalized spacial score (nSPS) is 33.0. The molecular weight excluding hydrogens is 179 g/mol. The minimum atomic E-state index is -0.977. The Labute approximate surface area is 86.7 Å². The molecule has 1 unspecified atom stereocenters. The summed E-state index contributed by atoms with van der Waals surface area (Å²) < 4.78 is 13.3. The monoisotopic (exact) mass is 202 g/mol. The average Bonchev–Trinajstić information content (AvgIpc) is 2.18. The summed E-state index contributed by atoms with van der Waals surface area (Å²) in [4.78, 5) is 0. The maximum absolute atomic E-state index is 13.3. The molecule has 0 spiro atoms. The van der Waals surface area contributed by atoms with E-state index in [-0.39, 0.29) is 0 Å². The molecule has 0 aliphatic heterocycles. The fraction of sp³-hybridized carbons (Fsp3) is 1.00. The second-order valence-electron chi connectivity index (χ2n) is 4.49. The van der Waals surface area contributed by atoms with Crippen LogP contribution in [0.3, 0.4) is 0 Å². The van der Waals surface area contributed by atoms with E-state index >= 15 is 0 Å². The van der Waals surface area contributed by atoms with E-state index < -0.39 is 12.3 Å². The van der Waals surface area contributed by atoms with Crippen molar-refractivity contribution in [2.75, 3.05) is 0 Å². The van der Waals surface area contributed by atoms with E-state index in [1.54, 1.807) is 0 Å². The molecule has 14 heavy (non-hydrogen) atoms. The number of aliphatic hydroxyl groups excluding tert-OH is 1. The average molecular weight is 202 g/mol. The first-order valence-corrected chi connectivity index (χ1v) is 6.13. The van der Waals surface area contributed by atoms with Gasteiger partial charge in [-0.15, -0.1) is 0 Å². The maximum Gasteiger partial charge on any atom is 0.126 e. The zero-order valence-corrected chi connectivity index (χ0v) is 9.05. The van der Waals surface area contributed by atoms with E-state index in [1.807, 2.05) is 0 Å². The first-order valence-electron chi connectivity index (χ1n) is 6.13. The van der Waals surface area contributed by atoms with Crippen molar-refractivity contribution >= 4 is 0 Å². The summed E-state index contributed by atoms with van der Waals surface area (Å²) >= 11 is 0. The number of aliphatic hydroxyl groups is 1. The lowest BCUT2D eigenvalue weighted by Gasteiger charge is -2.16. The van der Waals surface area contributed by atoms with Gasteiger partial charge in [-0.25, -0.2) is 4.39 Å². The second kappa shape index (κ2) is 7.22. The SMILES string of the molecule is OC1CCCCCCCCCC[C@@H]1F. The van der Waals surface area contributed by atoms with E-state index in [1.165, 1.54) is 25.7 Å². The predicted octanol–water partition coefficient (Wildman–Crippen LogP) is 3.60. The van der Waals surface area contributed by atoms with Gasteiger partial charge in [0.25, 0.3) is 0 Å². The fourth-order valence-corrected chi connectivity index (χ4v) is 2.13. The number of alkyl halides is 1. The molecule has 2 heteroatoms. The van der Waals surface area contributed by atoms with Crippen molar-refractivity contribution in [1.29, 1.82) is 0 Å². The van der Waals surface area contributed by atoms with Crippen LogP contribution >= 0.6 is 0 Å². The predicted molar refractivity (Wildman–Crippen MR) is 57.1 cm³/mol. The number of rotatable bonds is 0. The highest BCUT2D eigenvalue weighted by atomic mass is 19.1. The molecule has 0 saturated heterocycles. The highest BCUT2D eigenvalue weighted by Gasteiger charge is 2.17. The van der Waals surface area contributed by atoms with E-state index in [9.17, 15) is 9.50 Å². The molecule has 0 radical (unpaired) electrons. The molecule has 1 aliphatic rings. The third kappa shape index (κ3) is 4.94. The Hall–Kier alpha value is -0.110. The lowest BCUT2D eigenvalue weighted by Crippen LogP contribution is -2.21. The van der Waals surface area contributed by atoms with Crippen molar-refractivity contribution < 1.29 is 9.50 Å². The van der Waals surface area contributed by atoms with Crippen molar-refractivity contribution in [1.82, 2.24) is 0 Å². The van der Waals surface area contributed by atoms with E-state index in [2.05, 4.69) is 0 Å². The minimum absolute atomic E-state index is 0.557. The lowest BCUT2D eigenvalue weighted by molar-refractivity contribution is 0.0617. The zero-order chi connectivity index (χ0) is 10.2. The van der Waals surface area contributed by atoms with Gasteiger partial charge in [-0.3, -0.25) is 0 Å². The molecular formula is C12H23FO. The van der Waals surface area contributed by atoms with Crippen LogP contribution < -0.4 is 0 Å². The van der Waals surface area contributed by atoms with E-state index in [0.717, 1.165) is 25.7 Å². The molecule has 1 aliphatic carbocycles. The molecule has 0 aromatic rings. The van der Waals surface area contributed by atoms with Crippen LogP contribution in [0.5, 0.6) is 0 Å². The van der Waals surface area contributed by atoms with Gasteiger partial charge in [-0.1, -0.05) is 51.4 Å². The Morgan fingerprint density at radius 2 is 1.14 bits per heavy atom. The topological polar surface area (TPSA) is 20.2 Å². The molecule has 0 amide bonds. The summed E-state index contributed by atoms with van der Waals surface area (Å²) in [5.41, 5.74) is 0. The molecule has 1 N–H and O–H groups in total. The number of halogens is 1. The third-order valence-corrected chi connectivity index (χ3v) is 3.15. The lowest BCUT2D eigenvalue weighted by atomic mass is 9.98. The molecule has 1 nitrogen and oxygen atoms in total. The maximum atomic E-state index is 13.3. The Bertz CT molecular complexity index is 122. The second-order valence-corrected chi connectivity index (χ2v) is 4.49. The van der Waals surface area contributed by atoms with Crippen LogP contribution in [0.25, 0.3) is 0 Å². The fourth-order valence-electron chi connectivity index (χ4n) is 2.13. The first kappa shape index (κ1) is 12.0. The van der Waals surface area contributed by atoms with E-state index in [0.29, 0.717) is 12.8 Å². The molecule has 0 aromatic carbocycles. The van der Waals surface area contributed by atoms with Crippen molar-refractivity contribution in [2.45, 2.75) is 76.5 Å². The molecule has 84 valence electrons. The Morgan fingerprint density at radius 3 is 1.71 bits per heavy atom. The van der Waals surface area contributed by atoms with Crippen molar-refractivity contribution in [3.8, 4) is 0 Å². The molecule has 0 aromatic heterocycles. The van der Waals surface area contributed by atoms with Crippen LogP contribution in [0.1, 0.15) is 64.2 Å². The summed E-state index contributed by atoms with van der Waals surface area (Å²) in [6.45, 7) is 0. The highest BCUT2D eigenvalue weighted by Crippen LogP contribution is 2.18. The van der Waals surface area contributed by atoms with Gasteiger partial charge >= 0.3 is 0 Å². The van der Waals surface area contributed by atoms with Gasteiger partial charge in [0, 0.05) is 0 Å². The minimum Gasteiger partial charge on any atom is -0.390 e. The van der Waals surface area contributed by atoms with Gasteiger partial charge in [-0.05, 0) is 12.8 Å². The van der Waals surface area contributed by atoms with Gasteiger partial charge in [-0.2, -0.15) is 0 Å². The molecule has 2 atom stereocenters. The van der Waals surface area contributed by atoms with E-state index in [4.69, 9.17) is 0 Å². The zero-order valence-electron chi connectivity index (χ0n) is 9.05. The third-order valence-electron chi connectivity index (χ3n) is 3.15. The summed E-state index contributed by atoms with van der Waals surface area (Å²) in [5, 5.41) is 9.49. The van der Waals surface area contributed by atoms with Crippen molar-refractivity contribution in [3.63, 3.8) is 0 Å². The van der Waals surface area contributed by atoms with Crippen LogP contribution in [-0.4, -0.2) is 17.4 Å². The van der Waals surface area contributed by atoms with Gasteiger partial charge in [0.15, 0.2) is 0 Å². The van der Waals surface area contributed by atoms with Gasteiger partial charge in [0.2, 0.25) is 0 Å². The Morgan fingerprint density at radius 1 is 0.714 bits per heavy atom. The van der Waals surface area contributed by atoms with Crippen LogP contribution in [0, 0.1) is 0 Å². The Balaban J connectivity index is 2.23. The highest BCUT2D eigenvalue weighted by molar-refractivity contribution is 4.68. The number of hydrogen-bond acceptors (Lipinski definition) is 1. The smallest absolute Gasteiger partial charge is 0.126 e. The van der Waals surface area contributed by atoms with Crippen molar-refractivity contribution in [3.05, 3.63) is 0 Å². The quantitative estimate of drug-likeness (QED) is 0.636. The molecule has 1 rings (SSSR count). The van der Waals surface area contributed by atoms with Crippen LogP contribution in [0.2, 0.25) is 0 Å². The van der Waals surface area contributed by atoms with Gasteiger partial charge in [0.1, 0.15) is 6.17 Å².